The van der Waals surface area contributed by atoms with E-state index < -0.39 is 0 Å². The maximum absolute atomic E-state index is 6.06. The highest BCUT2D eigenvalue weighted by atomic mass is 79.9. The fraction of sp³-hybridized carbons (Fsp3) is 0.538. The van der Waals surface area contributed by atoms with E-state index in [9.17, 15) is 0 Å². The first-order valence-electron chi connectivity index (χ1n) is 6.01. The summed E-state index contributed by atoms with van der Waals surface area (Å²) in [5.41, 5.74) is 1.24. The Morgan fingerprint density at radius 2 is 2.35 bits per heavy atom. The smallest absolute Gasteiger partial charge is 0.0551 e. The molecule has 1 aliphatic rings. The molecule has 1 atom stereocenters. The Morgan fingerprint density at radius 3 is 3.00 bits per heavy atom. The fourth-order valence-electron chi connectivity index (χ4n) is 2.27. The Balaban J connectivity index is 1.79. The maximum atomic E-state index is 6.06. The lowest BCUT2D eigenvalue weighted by Crippen LogP contribution is -2.35. The van der Waals surface area contributed by atoms with Crippen molar-refractivity contribution >= 4 is 27.5 Å². The van der Waals surface area contributed by atoms with Crippen molar-refractivity contribution in [2.75, 3.05) is 20.1 Å². The summed E-state index contributed by atoms with van der Waals surface area (Å²) in [6.45, 7) is 3.18. The van der Waals surface area contributed by atoms with Crippen LogP contribution >= 0.6 is 27.5 Å². The Kier molecular flexibility index (Phi) is 4.86. The number of hydrogen-bond acceptors (Lipinski definition) is 2. The highest BCUT2D eigenvalue weighted by Gasteiger charge is 2.19. The molecule has 0 amide bonds. The van der Waals surface area contributed by atoms with Gasteiger partial charge in [-0.1, -0.05) is 17.7 Å². The molecular formula is C13H18BrClN2. The Labute approximate surface area is 116 Å². The van der Waals surface area contributed by atoms with Crippen LogP contribution in [-0.2, 0) is 6.54 Å². The van der Waals surface area contributed by atoms with Crippen molar-refractivity contribution in [2.24, 2.45) is 0 Å². The van der Waals surface area contributed by atoms with Gasteiger partial charge in [0.2, 0.25) is 0 Å². The topological polar surface area (TPSA) is 15.3 Å². The van der Waals surface area contributed by atoms with Crippen molar-refractivity contribution in [2.45, 2.75) is 25.4 Å². The van der Waals surface area contributed by atoms with Gasteiger partial charge in [0.25, 0.3) is 0 Å². The second kappa shape index (κ2) is 6.19. The lowest BCUT2D eigenvalue weighted by Gasteiger charge is -2.19. The second-order valence-electron chi connectivity index (χ2n) is 4.66. The van der Waals surface area contributed by atoms with Crippen LogP contribution in [0, 0.1) is 0 Å². The molecule has 0 saturated carbocycles. The lowest BCUT2D eigenvalue weighted by atomic mass is 10.2. The third-order valence-corrected chi connectivity index (χ3v) is 4.60. The molecule has 94 valence electrons. The highest BCUT2D eigenvalue weighted by molar-refractivity contribution is 9.10. The molecule has 1 aliphatic heterocycles. The summed E-state index contributed by atoms with van der Waals surface area (Å²) in [6, 6.07) is 6.81. The number of likely N-dealkylation sites (tertiary alicyclic amines) is 1. The van der Waals surface area contributed by atoms with Gasteiger partial charge in [-0.05, 0) is 60.1 Å². The minimum absolute atomic E-state index is 0.695. The zero-order chi connectivity index (χ0) is 12.3. The molecule has 0 aromatic heterocycles. The van der Waals surface area contributed by atoms with Crippen molar-refractivity contribution in [1.29, 1.82) is 0 Å². The van der Waals surface area contributed by atoms with Crippen LogP contribution in [0.3, 0.4) is 0 Å². The van der Waals surface area contributed by atoms with Crippen LogP contribution in [0.4, 0.5) is 0 Å². The van der Waals surface area contributed by atoms with Gasteiger partial charge in [0.15, 0.2) is 0 Å². The molecule has 1 aromatic rings. The highest BCUT2D eigenvalue weighted by Crippen LogP contribution is 2.23. The molecule has 0 aliphatic carbocycles. The molecule has 1 N–H and O–H groups in total. The predicted octanol–water partition coefficient (Wildman–Crippen LogP) is 3.29. The summed E-state index contributed by atoms with van der Waals surface area (Å²) in [6.07, 6.45) is 2.64. The van der Waals surface area contributed by atoms with Crippen molar-refractivity contribution in [3.63, 3.8) is 0 Å². The van der Waals surface area contributed by atoms with Gasteiger partial charge < -0.3 is 10.2 Å². The summed E-state index contributed by atoms with van der Waals surface area (Å²) in [5.74, 6) is 0. The van der Waals surface area contributed by atoms with E-state index in [4.69, 9.17) is 11.6 Å². The number of likely N-dealkylation sites (N-methyl/N-ethyl adjacent to an activating group) is 1. The van der Waals surface area contributed by atoms with Gasteiger partial charge >= 0.3 is 0 Å². The summed E-state index contributed by atoms with van der Waals surface area (Å²) in [7, 11) is 2.20. The van der Waals surface area contributed by atoms with E-state index in [1.165, 1.54) is 24.9 Å². The normalized spacial score (nSPS) is 21.0. The van der Waals surface area contributed by atoms with Crippen molar-refractivity contribution in [1.82, 2.24) is 10.2 Å². The van der Waals surface area contributed by atoms with E-state index in [1.54, 1.807) is 0 Å². The molecule has 17 heavy (non-hydrogen) atoms. The summed E-state index contributed by atoms with van der Waals surface area (Å²) < 4.78 is 0.957. The Bertz CT molecular complexity index is 384. The van der Waals surface area contributed by atoms with Crippen LogP contribution in [0.5, 0.6) is 0 Å². The van der Waals surface area contributed by atoms with Crippen LogP contribution < -0.4 is 5.32 Å². The minimum Gasteiger partial charge on any atom is -0.311 e. The molecule has 1 aromatic carbocycles. The van der Waals surface area contributed by atoms with Gasteiger partial charge in [0, 0.05) is 23.6 Å². The van der Waals surface area contributed by atoms with Crippen LogP contribution in [0.15, 0.2) is 22.7 Å². The molecule has 0 bridgehead atoms. The second-order valence-corrected chi connectivity index (χ2v) is 5.92. The molecule has 1 unspecified atom stereocenters. The molecule has 4 heteroatoms. The first-order valence-corrected chi connectivity index (χ1v) is 7.19. The van der Waals surface area contributed by atoms with Gasteiger partial charge in [-0.25, -0.2) is 0 Å². The SMILES string of the molecule is CN1CCCC1CNCc1ccc(Br)c(Cl)c1. The van der Waals surface area contributed by atoms with Crippen LogP contribution in [0.1, 0.15) is 18.4 Å². The minimum atomic E-state index is 0.695. The molecular weight excluding hydrogens is 300 g/mol. The molecule has 1 heterocycles. The molecule has 1 saturated heterocycles. The number of halogens is 2. The van der Waals surface area contributed by atoms with E-state index in [0.717, 1.165) is 22.6 Å². The molecule has 0 spiro atoms. The predicted molar refractivity (Wildman–Crippen MR) is 76.5 cm³/mol. The summed E-state index contributed by atoms with van der Waals surface area (Å²) in [5, 5.41) is 4.28. The maximum Gasteiger partial charge on any atom is 0.0551 e. The van der Waals surface area contributed by atoms with Crippen molar-refractivity contribution in [3.8, 4) is 0 Å². The third kappa shape index (κ3) is 3.68. The Hall–Kier alpha value is -0.0900. The van der Waals surface area contributed by atoms with E-state index in [0.29, 0.717) is 6.04 Å². The fourth-order valence-corrected chi connectivity index (χ4v) is 2.72. The van der Waals surface area contributed by atoms with Gasteiger partial charge in [-0.2, -0.15) is 0 Å². The number of nitrogens with one attached hydrogen (secondary N) is 1. The first kappa shape index (κ1) is 13.3. The third-order valence-electron chi connectivity index (χ3n) is 3.36. The van der Waals surface area contributed by atoms with Gasteiger partial charge in [0.05, 0.1) is 5.02 Å². The molecule has 2 rings (SSSR count). The van der Waals surface area contributed by atoms with E-state index in [1.807, 2.05) is 12.1 Å². The van der Waals surface area contributed by atoms with Gasteiger partial charge in [0.1, 0.15) is 0 Å². The van der Waals surface area contributed by atoms with E-state index >= 15 is 0 Å². The van der Waals surface area contributed by atoms with Crippen LogP contribution in [-0.4, -0.2) is 31.1 Å². The average molecular weight is 318 g/mol. The number of hydrogen-bond donors (Lipinski definition) is 1. The quantitative estimate of drug-likeness (QED) is 0.917. The van der Waals surface area contributed by atoms with Gasteiger partial charge in [-0.3, -0.25) is 0 Å². The number of nitrogens with zero attached hydrogens (tertiary/aromatic N) is 1. The van der Waals surface area contributed by atoms with Crippen molar-refractivity contribution < 1.29 is 0 Å². The Morgan fingerprint density at radius 1 is 1.53 bits per heavy atom. The average Bonchev–Trinajstić information content (AvgIpc) is 2.70. The zero-order valence-electron chi connectivity index (χ0n) is 10.0. The molecule has 0 radical (unpaired) electrons. The monoisotopic (exact) mass is 316 g/mol. The lowest BCUT2D eigenvalue weighted by molar-refractivity contribution is 0.300. The number of benzene rings is 1. The van der Waals surface area contributed by atoms with Crippen LogP contribution in [0.2, 0.25) is 5.02 Å². The van der Waals surface area contributed by atoms with Crippen molar-refractivity contribution in [3.05, 3.63) is 33.3 Å². The number of rotatable bonds is 4. The first-order chi connectivity index (χ1) is 8.16. The van der Waals surface area contributed by atoms with E-state index in [-0.39, 0.29) is 0 Å². The van der Waals surface area contributed by atoms with Gasteiger partial charge in [-0.15, -0.1) is 0 Å². The largest absolute Gasteiger partial charge is 0.311 e. The van der Waals surface area contributed by atoms with Crippen LogP contribution in [0.25, 0.3) is 0 Å². The summed E-state index contributed by atoms with van der Waals surface area (Å²) >= 11 is 9.46. The van der Waals surface area contributed by atoms with E-state index in [2.05, 4.69) is 39.3 Å². The molecule has 1 fully saturated rings. The summed E-state index contributed by atoms with van der Waals surface area (Å²) in [4.78, 5) is 2.43. The standard InChI is InChI=1S/C13H18BrClN2/c1-17-6-2-3-11(17)9-16-8-10-4-5-12(14)13(15)7-10/h4-5,7,11,16H,2-3,6,8-9H2,1H3. The zero-order valence-corrected chi connectivity index (χ0v) is 12.4. The molecule has 2 nitrogen and oxygen atoms in total.